The van der Waals surface area contributed by atoms with Gasteiger partial charge in [0.2, 0.25) is 0 Å². The van der Waals surface area contributed by atoms with Crippen LogP contribution in [-0.4, -0.2) is 15.2 Å². The third-order valence-electron chi connectivity index (χ3n) is 3.07. The second-order valence-corrected chi connectivity index (χ2v) is 4.69. The Labute approximate surface area is 119 Å². The summed E-state index contributed by atoms with van der Waals surface area (Å²) < 4.78 is 38.1. The third-order valence-corrected chi connectivity index (χ3v) is 3.07. The molecule has 0 atom stereocenters. The number of aliphatic hydroxyl groups is 2. The molecule has 0 aliphatic rings. The van der Waals surface area contributed by atoms with Crippen LogP contribution in [0, 0.1) is 6.92 Å². The van der Waals surface area contributed by atoms with Gasteiger partial charge in [-0.3, -0.25) is 4.98 Å². The first-order chi connectivity index (χ1) is 9.85. The van der Waals surface area contributed by atoms with Gasteiger partial charge in [-0.15, -0.1) is 0 Å². The van der Waals surface area contributed by atoms with E-state index in [-0.39, 0.29) is 12.2 Å². The quantitative estimate of drug-likeness (QED) is 0.915. The minimum absolute atomic E-state index is 0.145. The topological polar surface area (TPSA) is 53.4 Å². The van der Waals surface area contributed by atoms with Gasteiger partial charge in [0.15, 0.2) is 0 Å². The lowest BCUT2D eigenvalue weighted by atomic mass is 10.00. The van der Waals surface area contributed by atoms with Crippen LogP contribution in [0.4, 0.5) is 13.2 Å². The van der Waals surface area contributed by atoms with Gasteiger partial charge in [-0.25, -0.2) is 0 Å². The van der Waals surface area contributed by atoms with Crippen LogP contribution < -0.4 is 0 Å². The molecule has 0 radical (unpaired) electrons. The maximum Gasteiger partial charge on any atom is 0.416 e. The van der Waals surface area contributed by atoms with E-state index >= 15 is 0 Å². The molecule has 0 saturated heterocycles. The lowest BCUT2D eigenvalue weighted by Crippen LogP contribution is -2.06. The number of alkyl halides is 3. The van der Waals surface area contributed by atoms with Gasteiger partial charge in [-0.05, 0) is 42.3 Å². The van der Waals surface area contributed by atoms with Crippen molar-refractivity contribution in [1.29, 1.82) is 0 Å². The Morgan fingerprint density at radius 2 is 1.76 bits per heavy atom. The molecule has 1 heterocycles. The standard InChI is InChI=1S/C15H14F3NO2/c1-9-4-10(7-20)5-14(19-9)13-3-2-12(15(16,17)18)6-11(13)8-21/h2-6,20-21H,7-8H2,1H3. The second kappa shape index (κ2) is 5.83. The summed E-state index contributed by atoms with van der Waals surface area (Å²) in [6.07, 6.45) is -4.46. The van der Waals surface area contributed by atoms with Gasteiger partial charge < -0.3 is 10.2 Å². The van der Waals surface area contributed by atoms with E-state index < -0.39 is 18.3 Å². The highest BCUT2D eigenvalue weighted by Crippen LogP contribution is 2.33. The minimum atomic E-state index is -4.46. The van der Waals surface area contributed by atoms with Gasteiger partial charge in [-0.2, -0.15) is 13.2 Å². The number of pyridine rings is 1. The van der Waals surface area contributed by atoms with Crippen LogP contribution >= 0.6 is 0 Å². The summed E-state index contributed by atoms with van der Waals surface area (Å²) in [4.78, 5) is 4.25. The van der Waals surface area contributed by atoms with E-state index in [4.69, 9.17) is 0 Å². The van der Waals surface area contributed by atoms with E-state index in [1.54, 1.807) is 19.1 Å². The lowest BCUT2D eigenvalue weighted by Gasteiger charge is -2.13. The Hall–Kier alpha value is -1.92. The van der Waals surface area contributed by atoms with Crippen LogP contribution in [0.1, 0.15) is 22.4 Å². The largest absolute Gasteiger partial charge is 0.416 e. The Bertz CT molecular complexity index is 654. The highest BCUT2D eigenvalue weighted by atomic mass is 19.4. The SMILES string of the molecule is Cc1cc(CO)cc(-c2ccc(C(F)(F)F)cc2CO)n1. The summed E-state index contributed by atoms with van der Waals surface area (Å²) in [5, 5.41) is 18.5. The number of halogens is 3. The van der Waals surface area contributed by atoms with Gasteiger partial charge >= 0.3 is 6.18 Å². The van der Waals surface area contributed by atoms with Crippen molar-refractivity contribution >= 4 is 0 Å². The second-order valence-electron chi connectivity index (χ2n) is 4.69. The zero-order valence-corrected chi connectivity index (χ0v) is 11.3. The summed E-state index contributed by atoms with van der Waals surface area (Å²) in [7, 11) is 0. The molecule has 0 bridgehead atoms. The Balaban J connectivity index is 2.56. The predicted molar refractivity (Wildman–Crippen MR) is 71.3 cm³/mol. The van der Waals surface area contributed by atoms with Crippen LogP contribution in [0.5, 0.6) is 0 Å². The van der Waals surface area contributed by atoms with E-state index in [0.29, 0.717) is 22.5 Å². The molecule has 1 aromatic heterocycles. The summed E-state index contributed by atoms with van der Waals surface area (Å²) in [6.45, 7) is 1.01. The molecule has 2 N–H and O–H groups in total. The molecule has 1 aromatic carbocycles. The molecule has 21 heavy (non-hydrogen) atoms. The number of aromatic nitrogens is 1. The van der Waals surface area contributed by atoms with E-state index in [2.05, 4.69) is 4.98 Å². The molecule has 0 spiro atoms. The van der Waals surface area contributed by atoms with Gasteiger partial charge in [0.25, 0.3) is 0 Å². The monoisotopic (exact) mass is 297 g/mol. The highest BCUT2D eigenvalue weighted by Gasteiger charge is 2.31. The number of rotatable bonds is 3. The zero-order valence-electron chi connectivity index (χ0n) is 11.3. The molecule has 112 valence electrons. The average molecular weight is 297 g/mol. The number of aliphatic hydroxyl groups excluding tert-OH is 2. The fraction of sp³-hybridized carbons (Fsp3) is 0.267. The average Bonchev–Trinajstić information content (AvgIpc) is 2.44. The fourth-order valence-corrected chi connectivity index (χ4v) is 2.12. The maximum atomic E-state index is 12.7. The molecule has 3 nitrogen and oxygen atoms in total. The summed E-state index contributed by atoms with van der Waals surface area (Å²) >= 11 is 0. The Kier molecular flexibility index (Phi) is 4.29. The lowest BCUT2D eigenvalue weighted by molar-refractivity contribution is -0.137. The van der Waals surface area contributed by atoms with E-state index in [0.717, 1.165) is 12.1 Å². The van der Waals surface area contributed by atoms with Crippen LogP contribution in [0.15, 0.2) is 30.3 Å². The highest BCUT2D eigenvalue weighted by molar-refractivity contribution is 5.65. The number of aryl methyl sites for hydroxylation is 1. The van der Waals surface area contributed by atoms with Gasteiger partial charge in [0.05, 0.1) is 24.5 Å². The van der Waals surface area contributed by atoms with Crippen LogP contribution in [0.25, 0.3) is 11.3 Å². The molecule has 6 heteroatoms. The van der Waals surface area contributed by atoms with Crippen molar-refractivity contribution in [3.05, 3.63) is 52.7 Å². The van der Waals surface area contributed by atoms with Gasteiger partial charge in [0, 0.05) is 11.3 Å². The fourth-order valence-electron chi connectivity index (χ4n) is 2.12. The van der Waals surface area contributed by atoms with E-state index in [1.165, 1.54) is 6.07 Å². The molecule has 0 aliphatic carbocycles. The summed E-state index contributed by atoms with van der Waals surface area (Å²) in [5.74, 6) is 0. The first-order valence-corrected chi connectivity index (χ1v) is 6.25. The molecular weight excluding hydrogens is 283 g/mol. The normalized spacial score (nSPS) is 11.7. The number of hydrogen-bond acceptors (Lipinski definition) is 3. The first-order valence-electron chi connectivity index (χ1n) is 6.25. The molecule has 0 fully saturated rings. The van der Waals surface area contributed by atoms with Crippen molar-refractivity contribution < 1.29 is 23.4 Å². The first kappa shape index (κ1) is 15.5. The van der Waals surface area contributed by atoms with Crippen molar-refractivity contribution in [3.63, 3.8) is 0 Å². The van der Waals surface area contributed by atoms with Gasteiger partial charge in [-0.1, -0.05) is 6.07 Å². The Morgan fingerprint density at radius 1 is 1.05 bits per heavy atom. The molecule has 0 aliphatic heterocycles. The van der Waals surface area contributed by atoms with Gasteiger partial charge in [0.1, 0.15) is 0 Å². The summed E-state index contributed by atoms with van der Waals surface area (Å²) in [6, 6.07) is 6.44. The van der Waals surface area contributed by atoms with Crippen LogP contribution in [0.3, 0.4) is 0 Å². The van der Waals surface area contributed by atoms with E-state index in [1.807, 2.05) is 0 Å². The molecule has 0 amide bonds. The van der Waals surface area contributed by atoms with Crippen molar-refractivity contribution in [2.24, 2.45) is 0 Å². The number of nitrogens with zero attached hydrogens (tertiary/aromatic N) is 1. The van der Waals surface area contributed by atoms with Crippen molar-refractivity contribution in [2.75, 3.05) is 0 Å². The maximum absolute atomic E-state index is 12.7. The number of hydrogen-bond donors (Lipinski definition) is 2. The summed E-state index contributed by atoms with van der Waals surface area (Å²) in [5.41, 5.74) is 1.43. The molecule has 0 saturated carbocycles. The third kappa shape index (κ3) is 3.40. The van der Waals surface area contributed by atoms with E-state index in [9.17, 15) is 23.4 Å². The van der Waals surface area contributed by atoms with Crippen LogP contribution in [-0.2, 0) is 19.4 Å². The van der Waals surface area contributed by atoms with Crippen molar-refractivity contribution in [3.8, 4) is 11.3 Å². The molecule has 0 unspecified atom stereocenters. The van der Waals surface area contributed by atoms with Crippen molar-refractivity contribution in [2.45, 2.75) is 26.3 Å². The zero-order chi connectivity index (χ0) is 15.6. The van der Waals surface area contributed by atoms with Crippen molar-refractivity contribution in [1.82, 2.24) is 4.98 Å². The minimum Gasteiger partial charge on any atom is -0.392 e. The predicted octanol–water partition coefficient (Wildman–Crippen LogP) is 3.06. The van der Waals surface area contributed by atoms with Crippen LogP contribution in [0.2, 0.25) is 0 Å². The molecule has 2 aromatic rings. The number of benzene rings is 1. The Morgan fingerprint density at radius 3 is 2.33 bits per heavy atom. The molecular formula is C15H14F3NO2. The smallest absolute Gasteiger partial charge is 0.392 e. The molecule has 2 rings (SSSR count).